The summed E-state index contributed by atoms with van der Waals surface area (Å²) in [4.78, 5) is 11.6. The second-order valence-corrected chi connectivity index (χ2v) is 5.30. The van der Waals surface area contributed by atoms with E-state index in [2.05, 4.69) is 0 Å². The average Bonchev–Trinajstić information content (AvgIpc) is 2.39. The normalized spacial score (nSPS) is 22.8. The van der Waals surface area contributed by atoms with Crippen molar-refractivity contribution in [1.82, 2.24) is 0 Å². The van der Waals surface area contributed by atoms with Gasteiger partial charge in [0.15, 0.2) is 0 Å². The van der Waals surface area contributed by atoms with Gasteiger partial charge in [-0.05, 0) is 46.0 Å². The van der Waals surface area contributed by atoms with E-state index in [1.165, 1.54) is 6.42 Å². The maximum Gasteiger partial charge on any atom is 0.325 e. The molecule has 1 heterocycles. The van der Waals surface area contributed by atoms with Gasteiger partial charge in [0.1, 0.15) is 5.54 Å². The zero-order chi connectivity index (χ0) is 14.1. The van der Waals surface area contributed by atoms with Crippen molar-refractivity contribution in [1.29, 1.82) is 0 Å². The number of hydrogen-bond acceptors (Lipinski definition) is 5. The number of rotatable bonds is 8. The van der Waals surface area contributed by atoms with E-state index < -0.39 is 5.54 Å². The number of carbonyl (C=O) groups is 1. The molecule has 1 saturated heterocycles. The van der Waals surface area contributed by atoms with E-state index >= 15 is 0 Å². The summed E-state index contributed by atoms with van der Waals surface area (Å²) < 4.78 is 16.1. The molecule has 1 aliphatic rings. The Labute approximate surface area is 115 Å². The second-order valence-electron chi connectivity index (χ2n) is 5.30. The van der Waals surface area contributed by atoms with E-state index in [1.807, 2.05) is 0 Å². The van der Waals surface area contributed by atoms with Crippen molar-refractivity contribution >= 4 is 5.97 Å². The third kappa shape index (κ3) is 6.36. The molecule has 0 aliphatic carbocycles. The van der Waals surface area contributed by atoms with Crippen LogP contribution < -0.4 is 5.73 Å². The molecule has 0 amide bonds. The van der Waals surface area contributed by atoms with Crippen LogP contribution in [0.1, 0.15) is 46.0 Å². The van der Waals surface area contributed by atoms with Gasteiger partial charge in [-0.2, -0.15) is 0 Å². The standard InChI is InChI=1S/C14H27NO4/c1-3-18-13(16)14(2,15)8-6-9-17-11-12-7-4-5-10-19-12/h12H,3-11,15H2,1-2H3. The molecule has 0 aromatic heterocycles. The van der Waals surface area contributed by atoms with E-state index in [0.29, 0.717) is 26.2 Å². The Morgan fingerprint density at radius 1 is 1.47 bits per heavy atom. The molecule has 19 heavy (non-hydrogen) atoms. The minimum Gasteiger partial charge on any atom is -0.465 e. The summed E-state index contributed by atoms with van der Waals surface area (Å²) in [6.45, 7) is 5.93. The number of nitrogens with two attached hydrogens (primary N) is 1. The fourth-order valence-corrected chi connectivity index (χ4v) is 2.09. The van der Waals surface area contributed by atoms with Crippen LogP contribution in [0.5, 0.6) is 0 Å². The molecule has 2 N–H and O–H groups in total. The van der Waals surface area contributed by atoms with Crippen LogP contribution in [0.3, 0.4) is 0 Å². The van der Waals surface area contributed by atoms with Gasteiger partial charge in [-0.25, -0.2) is 0 Å². The Kier molecular flexibility index (Phi) is 7.34. The van der Waals surface area contributed by atoms with Crippen molar-refractivity contribution < 1.29 is 19.0 Å². The Morgan fingerprint density at radius 3 is 2.89 bits per heavy atom. The first-order valence-electron chi connectivity index (χ1n) is 7.21. The van der Waals surface area contributed by atoms with Gasteiger partial charge in [-0.3, -0.25) is 4.79 Å². The largest absolute Gasteiger partial charge is 0.465 e. The van der Waals surface area contributed by atoms with Gasteiger partial charge in [0.25, 0.3) is 0 Å². The second kappa shape index (κ2) is 8.51. The van der Waals surface area contributed by atoms with Crippen molar-refractivity contribution in [3.8, 4) is 0 Å². The SMILES string of the molecule is CCOC(=O)C(C)(N)CCCOCC1CCCCO1. The highest BCUT2D eigenvalue weighted by Crippen LogP contribution is 2.14. The highest BCUT2D eigenvalue weighted by molar-refractivity contribution is 5.79. The summed E-state index contributed by atoms with van der Waals surface area (Å²) in [7, 11) is 0. The van der Waals surface area contributed by atoms with Crippen LogP contribution >= 0.6 is 0 Å². The number of carbonyl (C=O) groups excluding carboxylic acids is 1. The summed E-state index contributed by atoms with van der Waals surface area (Å²) in [5, 5.41) is 0. The lowest BCUT2D eigenvalue weighted by Crippen LogP contribution is -2.46. The molecule has 0 bridgehead atoms. The molecular weight excluding hydrogens is 246 g/mol. The third-order valence-corrected chi connectivity index (χ3v) is 3.30. The number of hydrogen-bond donors (Lipinski definition) is 1. The zero-order valence-electron chi connectivity index (χ0n) is 12.2. The molecule has 112 valence electrons. The van der Waals surface area contributed by atoms with Crippen molar-refractivity contribution in [2.75, 3.05) is 26.4 Å². The van der Waals surface area contributed by atoms with E-state index in [0.717, 1.165) is 25.9 Å². The maximum atomic E-state index is 11.6. The van der Waals surface area contributed by atoms with Crippen molar-refractivity contribution in [2.45, 2.75) is 57.6 Å². The van der Waals surface area contributed by atoms with Crippen LogP contribution in [-0.2, 0) is 19.0 Å². The van der Waals surface area contributed by atoms with E-state index in [1.54, 1.807) is 13.8 Å². The summed E-state index contributed by atoms with van der Waals surface area (Å²) in [6.07, 6.45) is 5.01. The molecule has 0 aromatic carbocycles. The molecule has 5 nitrogen and oxygen atoms in total. The molecule has 2 unspecified atom stereocenters. The molecular formula is C14H27NO4. The van der Waals surface area contributed by atoms with Gasteiger partial charge in [0.05, 0.1) is 19.3 Å². The quantitative estimate of drug-likeness (QED) is 0.537. The Hall–Kier alpha value is -0.650. The fourth-order valence-electron chi connectivity index (χ4n) is 2.09. The van der Waals surface area contributed by atoms with Gasteiger partial charge in [0.2, 0.25) is 0 Å². The van der Waals surface area contributed by atoms with E-state index in [-0.39, 0.29) is 12.1 Å². The number of esters is 1. The minimum atomic E-state index is -0.916. The monoisotopic (exact) mass is 273 g/mol. The van der Waals surface area contributed by atoms with Crippen molar-refractivity contribution in [3.05, 3.63) is 0 Å². The predicted molar refractivity (Wildman–Crippen MR) is 72.9 cm³/mol. The van der Waals surface area contributed by atoms with Gasteiger partial charge < -0.3 is 19.9 Å². The Morgan fingerprint density at radius 2 is 2.26 bits per heavy atom. The van der Waals surface area contributed by atoms with Crippen LogP contribution in [0.15, 0.2) is 0 Å². The topological polar surface area (TPSA) is 70.8 Å². The third-order valence-electron chi connectivity index (χ3n) is 3.30. The molecule has 0 aromatic rings. The molecule has 2 atom stereocenters. The summed E-state index contributed by atoms with van der Waals surface area (Å²) in [5.41, 5.74) is 5.00. The van der Waals surface area contributed by atoms with Crippen LogP contribution in [0, 0.1) is 0 Å². The molecule has 0 radical (unpaired) electrons. The summed E-state index contributed by atoms with van der Waals surface area (Å²) >= 11 is 0. The smallest absolute Gasteiger partial charge is 0.325 e. The van der Waals surface area contributed by atoms with E-state index in [4.69, 9.17) is 19.9 Å². The zero-order valence-corrected chi connectivity index (χ0v) is 12.2. The van der Waals surface area contributed by atoms with Crippen molar-refractivity contribution in [2.24, 2.45) is 5.73 Å². The lowest BCUT2D eigenvalue weighted by Gasteiger charge is -2.23. The van der Waals surface area contributed by atoms with Gasteiger partial charge >= 0.3 is 5.97 Å². The molecule has 5 heteroatoms. The number of ether oxygens (including phenoxy) is 3. The lowest BCUT2D eigenvalue weighted by atomic mass is 9.98. The predicted octanol–water partition coefficient (Wildman–Crippen LogP) is 1.63. The molecule has 1 aliphatic heterocycles. The molecule has 0 spiro atoms. The van der Waals surface area contributed by atoms with E-state index in [9.17, 15) is 4.79 Å². The molecule has 1 rings (SSSR count). The Bertz CT molecular complexity index is 262. The van der Waals surface area contributed by atoms with Gasteiger partial charge in [-0.1, -0.05) is 0 Å². The summed E-state index contributed by atoms with van der Waals surface area (Å²) in [5.74, 6) is -0.342. The van der Waals surface area contributed by atoms with Gasteiger partial charge in [-0.15, -0.1) is 0 Å². The van der Waals surface area contributed by atoms with Gasteiger partial charge in [0, 0.05) is 13.2 Å². The first kappa shape index (κ1) is 16.4. The first-order valence-corrected chi connectivity index (χ1v) is 7.21. The van der Waals surface area contributed by atoms with Crippen LogP contribution in [0.2, 0.25) is 0 Å². The lowest BCUT2D eigenvalue weighted by molar-refractivity contribution is -0.149. The van der Waals surface area contributed by atoms with Crippen LogP contribution in [0.4, 0.5) is 0 Å². The molecule has 0 saturated carbocycles. The maximum absolute atomic E-state index is 11.6. The Balaban J connectivity index is 2.07. The highest BCUT2D eigenvalue weighted by Gasteiger charge is 2.29. The first-order chi connectivity index (χ1) is 9.06. The average molecular weight is 273 g/mol. The fraction of sp³-hybridized carbons (Fsp3) is 0.929. The van der Waals surface area contributed by atoms with Crippen LogP contribution in [0.25, 0.3) is 0 Å². The highest BCUT2D eigenvalue weighted by atomic mass is 16.5. The van der Waals surface area contributed by atoms with Crippen LogP contribution in [-0.4, -0.2) is 44.0 Å². The van der Waals surface area contributed by atoms with Crippen molar-refractivity contribution in [3.63, 3.8) is 0 Å². The molecule has 1 fully saturated rings. The summed E-state index contributed by atoms with van der Waals surface area (Å²) in [6, 6.07) is 0. The minimum absolute atomic E-state index is 0.239.